The van der Waals surface area contributed by atoms with Crippen LogP contribution in [0.5, 0.6) is 0 Å². The van der Waals surface area contributed by atoms with Gasteiger partial charge in [0, 0.05) is 31.8 Å². The number of rotatable bonds is 1. The SMILES string of the molecule is CN1CCN(C(=O)C2=C[CH]CC=C2)CC1. The first-order valence-electron chi connectivity index (χ1n) is 5.45. The largest absolute Gasteiger partial charge is 0.336 e. The van der Waals surface area contributed by atoms with Crippen LogP contribution in [0.15, 0.2) is 23.8 Å². The summed E-state index contributed by atoms with van der Waals surface area (Å²) in [5.74, 6) is 0.176. The summed E-state index contributed by atoms with van der Waals surface area (Å²) in [5, 5.41) is 0. The van der Waals surface area contributed by atoms with E-state index in [9.17, 15) is 4.79 Å². The lowest BCUT2D eigenvalue weighted by Gasteiger charge is -2.32. The molecular weight excluding hydrogens is 188 g/mol. The van der Waals surface area contributed by atoms with Crippen LogP contribution in [-0.2, 0) is 4.79 Å². The normalized spacial score (nSPS) is 22.7. The molecule has 0 atom stereocenters. The quantitative estimate of drug-likeness (QED) is 0.633. The summed E-state index contributed by atoms with van der Waals surface area (Å²) in [6.45, 7) is 3.65. The van der Waals surface area contributed by atoms with Crippen molar-refractivity contribution in [3.05, 3.63) is 30.2 Å². The lowest BCUT2D eigenvalue weighted by molar-refractivity contribution is -0.128. The van der Waals surface area contributed by atoms with Crippen LogP contribution in [0.1, 0.15) is 6.42 Å². The van der Waals surface area contributed by atoms with Gasteiger partial charge in [-0.3, -0.25) is 4.79 Å². The van der Waals surface area contributed by atoms with Crippen molar-refractivity contribution in [3.8, 4) is 0 Å². The summed E-state index contributed by atoms with van der Waals surface area (Å²) in [5.41, 5.74) is 0.825. The number of allylic oxidation sites excluding steroid dienone is 2. The van der Waals surface area contributed by atoms with Gasteiger partial charge < -0.3 is 9.80 Å². The molecule has 2 aliphatic rings. The van der Waals surface area contributed by atoms with Gasteiger partial charge in [0.05, 0.1) is 0 Å². The Kier molecular flexibility index (Phi) is 3.21. The molecule has 81 valence electrons. The molecule has 0 bridgehead atoms. The third-order valence-corrected chi connectivity index (χ3v) is 2.90. The molecule has 0 spiro atoms. The standard InChI is InChI=1S/C12H17N2O/c1-13-7-9-14(10-8-13)12(15)11-5-3-2-4-6-11/h3-6H,2,7-10H2,1H3. The van der Waals surface area contributed by atoms with Gasteiger partial charge in [0.15, 0.2) is 0 Å². The van der Waals surface area contributed by atoms with Crippen molar-refractivity contribution in [2.24, 2.45) is 0 Å². The molecule has 3 heteroatoms. The van der Waals surface area contributed by atoms with Crippen LogP contribution < -0.4 is 0 Å². The molecule has 1 saturated heterocycles. The minimum atomic E-state index is 0.176. The fourth-order valence-electron chi connectivity index (χ4n) is 1.86. The molecule has 0 saturated carbocycles. The zero-order chi connectivity index (χ0) is 10.7. The van der Waals surface area contributed by atoms with Crippen molar-refractivity contribution in [1.29, 1.82) is 0 Å². The van der Waals surface area contributed by atoms with Crippen molar-refractivity contribution in [2.75, 3.05) is 33.2 Å². The maximum absolute atomic E-state index is 12.0. The second-order valence-corrected chi connectivity index (χ2v) is 4.09. The highest BCUT2D eigenvalue weighted by Gasteiger charge is 2.21. The van der Waals surface area contributed by atoms with E-state index in [1.54, 1.807) is 0 Å². The number of carbonyl (C=O) groups is 1. The molecule has 3 nitrogen and oxygen atoms in total. The first-order valence-corrected chi connectivity index (χ1v) is 5.45. The molecule has 0 aromatic rings. The number of amides is 1. The Morgan fingerprint density at radius 3 is 2.60 bits per heavy atom. The van der Waals surface area contributed by atoms with E-state index in [0.29, 0.717) is 0 Å². The van der Waals surface area contributed by atoms with E-state index in [2.05, 4.69) is 11.9 Å². The molecule has 1 fully saturated rings. The lowest BCUT2D eigenvalue weighted by Crippen LogP contribution is -2.47. The van der Waals surface area contributed by atoms with E-state index in [0.717, 1.165) is 38.2 Å². The van der Waals surface area contributed by atoms with Crippen LogP contribution in [0.2, 0.25) is 0 Å². The first kappa shape index (κ1) is 10.4. The second kappa shape index (κ2) is 4.62. The van der Waals surface area contributed by atoms with Crippen LogP contribution in [-0.4, -0.2) is 48.9 Å². The van der Waals surface area contributed by atoms with Gasteiger partial charge in [-0.15, -0.1) is 0 Å². The summed E-state index contributed by atoms with van der Waals surface area (Å²) >= 11 is 0. The average molecular weight is 205 g/mol. The van der Waals surface area contributed by atoms with Crippen LogP contribution in [0.25, 0.3) is 0 Å². The maximum atomic E-state index is 12.0. The van der Waals surface area contributed by atoms with E-state index >= 15 is 0 Å². The highest BCUT2D eigenvalue weighted by molar-refractivity contribution is 5.96. The number of carbonyl (C=O) groups excluding carboxylic acids is 1. The van der Waals surface area contributed by atoms with E-state index in [1.165, 1.54) is 0 Å². The summed E-state index contributed by atoms with van der Waals surface area (Å²) in [7, 11) is 2.09. The minimum absolute atomic E-state index is 0.176. The zero-order valence-corrected chi connectivity index (χ0v) is 9.15. The highest BCUT2D eigenvalue weighted by atomic mass is 16.2. The molecule has 15 heavy (non-hydrogen) atoms. The van der Waals surface area contributed by atoms with Crippen molar-refractivity contribution in [1.82, 2.24) is 9.80 Å². The molecule has 0 N–H and O–H groups in total. The van der Waals surface area contributed by atoms with Crippen LogP contribution in [0.3, 0.4) is 0 Å². The molecule has 1 amide bonds. The molecule has 1 radical (unpaired) electrons. The topological polar surface area (TPSA) is 23.6 Å². The summed E-state index contributed by atoms with van der Waals surface area (Å²) in [6.07, 6.45) is 8.87. The van der Waals surface area contributed by atoms with Crippen molar-refractivity contribution in [2.45, 2.75) is 6.42 Å². The predicted molar refractivity (Wildman–Crippen MR) is 60.2 cm³/mol. The third kappa shape index (κ3) is 2.48. The minimum Gasteiger partial charge on any atom is -0.336 e. The first-order chi connectivity index (χ1) is 7.27. The lowest BCUT2D eigenvalue weighted by atomic mass is 10.1. The third-order valence-electron chi connectivity index (χ3n) is 2.90. The highest BCUT2D eigenvalue weighted by Crippen LogP contribution is 2.13. The Morgan fingerprint density at radius 2 is 2.00 bits per heavy atom. The second-order valence-electron chi connectivity index (χ2n) is 4.09. The number of piperazine rings is 1. The Bertz CT molecular complexity index is 299. The fraction of sp³-hybridized carbons (Fsp3) is 0.500. The molecule has 1 aliphatic carbocycles. The average Bonchev–Trinajstić information content (AvgIpc) is 2.30. The monoisotopic (exact) mass is 205 g/mol. The summed E-state index contributed by atoms with van der Waals surface area (Å²) < 4.78 is 0. The zero-order valence-electron chi connectivity index (χ0n) is 9.15. The number of hydrogen-bond acceptors (Lipinski definition) is 2. The predicted octanol–water partition coefficient (Wildman–Crippen LogP) is 0.851. The Balaban J connectivity index is 1.96. The van der Waals surface area contributed by atoms with Crippen molar-refractivity contribution < 1.29 is 4.79 Å². The van der Waals surface area contributed by atoms with E-state index in [1.807, 2.05) is 29.5 Å². The van der Waals surface area contributed by atoms with E-state index in [4.69, 9.17) is 0 Å². The number of nitrogens with zero attached hydrogens (tertiary/aromatic N) is 2. The van der Waals surface area contributed by atoms with Gasteiger partial charge in [0.25, 0.3) is 5.91 Å². The van der Waals surface area contributed by atoms with Gasteiger partial charge in [0.1, 0.15) is 0 Å². The molecule has 0 aromatic carbocycles. The maximum Gasteiger partial charge on any atom is 0.253 e. The van der Waals surface area contributed by atoms with Crippen molar-refractivity contribution in [3.63, 3.8) is 0 Å². The van der Waals surface area contributed by atoms with Gasteiger partial charge >= 0.3 is 0 Å². The van der Waals surface area contributed by atoms with E-state index in [-0.39, 0.29) is 5.91 Å². The van der Waals surface area contributed by atoms with E-state index < -0.39 is 0 Å². The number of likely N-dealkylation sites (N-methyl/N-ethyl adjacent to an activating group) is 1. The molecule has 0 unspecified atom stereocenters. The molecule has 2 rings (SSSR count). The van der Waals surface area contributed by atoms with Gasteiger partial charge in [-0.05, 0) is 19.9 Å². The van der Waals surface area contributed by atoms with Gasteiger partial charge in [-0.1, -0.05) is 18.2 Å². The Hall–Kier alpha value is -1.09. The smallest absolute Gasteiger partial charge is 0.253 e. The Morgan fingerprint density at radius 1 is 1.27 bits per heavy atom. The van der Waals surface area contributed by atoms with Gasteiger partial charge in [0.2, 0.25) is 0 Å². The molecule has 1 aliphatic heterocycles. The van der Waals surface area contributed by atoms with Crippen LogP contribution >= 0.6 is 0 Å². The van der Waals surface area contributed by atoms with Crippen LogP contribution in [0.4, 0.5) is 0 Å². The van der Waals surface area contributed by atoms with Gasteiger partial charge in [-0.2, -0.15) is 0 Å². The van der Waals surface area contributed by atoms with Crippen LogP contribution in [0, 0.1) is 6.42 Å². The fourth-order valence-corrected chi connectivity index (χ4v) is 1.86. The molecular formula is C12H17N2O. The summed E-state index contributed by atoms with van der Waals surface area (Å²) in [6, 6.07) is 0. The number of hydrogen-bond donors (Lipinski definition) is 0. The van der Waals surface area contributed by atoms with Gasteiger partial charge in [-0.25, -0.2) is 0 Å². The van der Waals surface area contributed by atoms with Crippen molar-refractivity contribution >= 4 is 5.91 Å². The molecule has 0 aromatic heterocycles. The Labute approximate surface area is 91.0 Å². The summed E-state index contributed by atoms with van der Waals surface area (Å²) in [4.78, 5) is 16.2. The molecule has 1 heterocycles.